The van der Waals surface area contributed by atoms with Crippen LogP contribution in [-0.2, 0) is 11.3 Å². The molecule has 0 spiro atoms. The van der Waals surface area contributed by atoms with Gasteiger partial charge in [-0.05, 0) is 23.3 Å². The van der Waals surface area contributed by atoms with Gasteiger partial charge < -0.3 is 9.84 Å². The van der Waals surface area contributed by atoms with Gasteiger partial charge in [-0.2, -0.15) is 0 Å². The number of hydrogen-bond acceptors (Lipinski definition) is 2. The van der Waals surface area contributed by atoms with Gasteiger partial charge in [0.1, 0.15) is 0 Å². The van der Waals surface area contributed by atoms with Crippen molar-refractivity contribution < 1.29 is 9.84 Å². The molecule has 0 saturated carbocycles. The lowest BCUT2D eigenvalue weighted by Crippen LogP contribution is -2.04. The van der Waals surface area contributed by atoms with Crippen LogP contribution in [0.4, 0.5) is 0 Å². The molecule has 0 bridgehead atoms. The summed E-state index contributed by atoms with van der Waals surface area (Å²) in [5, 5.41) is 9.10. The highest BCUT2D eigenvalue weighted by molar-refractivity contribution is 9.10. The summed E-state index contributed by atoms with van der Waals surface area (Å²) in [6.07, 6.45) is 0. The van der Waals surface area contributed by atoms with E-state index in [2.05, 4.69) is 15.9 Å². The second kappa shape index (κ2) is 5.49. The number of ether oxygens (including phenoxy) is 1. The fourth-order valence-corrected chi connectivity index (χ4v) is 1.84. The monoisotopic (exact) mass is 258 g/mol. The third kappa shape index (κ3) is 2.80. The third-order valence-corrected chi connectivity index (χ3v) is 2.70. The molecule has 1 atom stereocenters. The fourth-order valence-electron chi connectivity index (χ4n) is 1.43. The van der Waals surface area contributed by atoms with Crippen LogP contribution in [0.2, 0.25) is 0 Å². The van der Waals surface area contributed by atoms with Crippen LogP contribution in [0.15, 0.2) is 22.7 Å². The van der Waals surface area contributed by atoms with Gasteiger partial charge in [0.25, 0.3) is 0 Å². The van der Waals surface area contributed by atoms with Crippen LogP contribution >= 0.6 is 15.9 Å². The summed E-state index contributed by atoms with van der Waals surface area (Å²) in [6.45, 7) is 2.75. The summed E-state index contributed by atoms with van der Waals surface area (Å²) in [5.41, 5.74) is 2.28. The van der Waals surface area contributed by atoms with Crippen LogP contribution < -0.4 is 0 Å². The van der Waals surface area contributed by atoms with Gasteiger partial charge in [-0.1, -0.05) is 28.9 Å². The minimum Gasteiger partial charge on any atom is -0.396 e. The van der Waals surface area contributed by atoms with Gasteiger partial charge >= 0.3 is 0 Å². The average molecular weight is 259 g/mol. The van der Waals surface area contributed by atoms with Crippen LogP contribution in [0.3, 0.4) is 0 Å². The van der Waals surface area contributed by atoms with E-state index in [-0.39, 0.29) is 12.5 Å². The normalized spacial score (nSPS) is 12.9. The maximum atomic E-state index is 9.10. The molecular formula is C11H15BrO2. The van der Waals surface area contributed by atoms with E-state index in [0.29, 0.717) is 6.61 Å². The van der Waals surface area contributed by atoms with E-state index in [1.807, 2.05) is 25.1 Å². The zero-order valence-electron chi connectivity index (χ0n) is 8.46. The minimum atomic E-state index is 0.160. The van der Waals surface area contributed by atoms with Gasteiger partial charge in [0.2, 0.25) is 0 Å². The Labute approximate surface area is 93.0 Å². The second-order valence-electron chi connectivity index (χ2n) is 3.36. The largest absolute Gasteiger partial charge is 0.396 e. The van der Waals surface area contributed by atoms with Crippen molar-refractivity contribution in [2.24, 2.45) is 0 Å². The number of aliphatic hydroxyl groups is 1. The first-order valence-corrected chi connectivity index (χ1v) is 5.36. The van der Waals surface area contributed by atoms with E-state index in [1.54, 1.807) is 7.11 Å². The summed E-state index contributed by atoms with van der Waals surface area (Å²) in [4.78, 5) is 0. The van der Waals surface area contributed by atoms with Crippen molar-refractivity contribution >= 4 is 15.9 Å². The molecule has 14 heavy (non-hydrogen) atoms. The highest BCUT2D eigenvalue weighted by Gasteiger charge is 2.09. The Balaban J connectivity index is 3.01. The molecule has 1 aromatic rings. The van der Waals surface area contributed by atoms with Gasteiger partial charge in [-0.15, -0.1) is 0 Å². The van der Waals surface area contributed by atoms with E-state index in [1.165, 1.54) is 0 Å². The van der Waals surface area contributed by atoms with Gasteiger partial charge in [-0.25, -0.2) is 0 Å². The minimum absolute atomic E-state index is 0.160. The van der Waals surface area contributed by atoms with Crippen LogP contribution in [0.25, 0.3) is 0 Å². The maximum Gasteiger partial charge on any atom is 0.0716 e. The molecule has 0 aliphatic heterocycles. The predicted molar refractivity (Wildman–Crippen MR) is 60.4 cm³/mol. The first-order valence-electron chi connectivity index (χ1n) is 4.57. The molecule has 0 fully saturated rings. The SMILES string of the molecule is COCc1cc(Br)ccc1C(C)CO. The molecule has 1 rings (SSSR count). The summed E-state index contributed by atoms with van der Waals surface area (Å²) in [5.74, 6) is 0.160. The molecule has 0 amide bonds. The molecule has 78 valence electrons. The Morgan fingerprint density at radius 1 is 1.50 bits per heavy atom. The lowest BCUT2D eigenvalue weighted by atomic mass is 9.97. The van der Waals surface area contributed by atoms with Crippen LogP contribution in [0.1, 0.15) is 24.0 Å². The fraction of sp³-hybridized carbons (Fsp3) is 0.455. The molecular weight excluding hydrogens is 244 g/mol. The summed E-state index contributed by atoms with van der Waals surface area (Å²) in [6, 6.07) is 6.05. The van der Waals surface area contributed by atoms with E-state index >= 15 is 0 Å². The van der Waals surface area contributed by atoms with Crippen molar-refractivity contribution in [2.45, 2.75) is 19.4 Å². The summed E-state index contributed by atoms with van der Waals surface area (Å²) >= 11 is 3.42. The molecule has 0 aromatic heterocycles. The number of hydrogen-bond donors (Lipinski definition) is 1. The molecule has 1 aromatic carbocycles. The highest BCUT2D eigenvalue weighted by Crippen LogP contribution is 2.23. The van der Waals surface area contributed by atoms with E-state index in [4.69, 9.17) is 9.84 Å². The molecule has 0 saturated heterocycles. The average Bonchev–Trinajstić information content (AvgIpc) is 2.17. The Hall–Kier alpha value is -0.380. The standard InChI is InChI=1S/C11H15BrO2/c1-8(6-13)11-4-3-10(12)5-9(11)7-14-2/h3-5,8,13H,6-7H2,1-2H3. The van der Waals surface area contributed by atoms with Crippen molar-refractivity contribution in [3.05, 3.63) is 33.8 Å². The first-order chi connectivity index (χ1) is 6.69. The molecule has 0 radical (unpaired) electrons. The number of benzene rings is 1. The van der Waals surface area contributed by atoms with Crippen molar-refractivity contribution in [1.82, 2.24) is 0 Å². The predicted octanol–water partition coefficient (Wildman–Crippen LogP) is 2.69. The molecule has 0 aliphatic rings. The molecule has 3 heteroatoms. The number of rotatable bonds is 4. The van der Waals surface area contributed by atoms with E-state index in [0.717, 1.165) is 15.6 Å². The molecule has 0 heterocycles. The van der Waals surface area contributed by atoms with Crippen LogP contribution in [-0.4, -0.2) is 18.8 Å². The smallest absolute Gasteiger partial charge is 0.0716 e. The zero-order valence-corrected chi connectivity index (χ0v) is 10.0. The summed E-state index contributed by atoms with van der Waals surface area (Å²) in [7, 11) is 1.67. The molecule has 1 unspecified atom stereocenters. The molecule has 0 aliphatic carbocycles. The first kappa shape index (κ1) is 11.7. The van der Waals surface area contributed by atoms with Crippen LogP contribution in [0, 0.1) is 0 Å². The Bertz CT molecular complexity index is 299. The topological polar surface area (TPSA) is 29.5 Å². The lowest BCUT2D eigenvalue weighted by Gasteiger charge is -2.14. The van der Waals surface area contributed by atoms with Crippen molar-refractivity contribution in [2.75, 3.05) is 13.7 Å². The molecule has 2 nitrogen and oxygen atoms in total. The Morgan fingerprint density at radius 3 is 2.79 bits per heavy atom. The van der Waals surface area contributed by atoms with Crippen molar-refractivity contribution in [3.8, 4) is 0 Å². The zero-order chi connectivity index (χ0) is 10.6. The summed E-state index contributed by atoms with van der Waals surface area (Å²) < 4.78 is 6.16. The number of aliphatic hydroxyl groups excluding tert-OH is 1. The van der Waals surface area contributed by atoms with Gasteiger partial charge in [0.05, 0.1) is 6.61 Å². The third-order valence-electron chi connectivity index (χ3n) is 2.21. The number of methoxy groups -OCH3 is 1. The highest BCUT2D eigenvalue weighted by atomic mass is 79.9. The van der Waals surface area contributed by atoms with Crippen LogP contribution in [0.5, 0.6) is 0 Å². The van der Waals surface area contributed by atoms with Gasteiger partial charge in [0.15, 0.2) is 0 Å². The maximum absolute atomic E-state index is 9.10. The Kier molecular flexibility index (Phi) is 4.58. The lowest BCUT2D eigenvalue weighted by molar-refractivity contribution is 0.182. The van der Waals surface area contributed by atoms with Crippen molar-refractivity contribution in [3.63, 3.8) is 0 Å². The Morgan fingerprint density at radius 2 is 2.21 bits per heavy atom. The quantitative estimate of drug-likeness (QED) is 0.900. The number of halogens is 1. The second-order valence-corrected chi connectivity index (χ2v) is 4.28. The van der Waals surface area contributed by atoms with E-state index in [9.17, 15) is 0 Å². The van der Waals surface area contributed by atoms with Crippen molar-refractivity contribution in [1.29, 1.82) is 0 Å². The van der Waals surface area contributed by atoms with Gasteiger partial charge in [0, 0.05) is 24.1 Å². The molecule has 1 N–H and O–H groups in total. The van der Waals surface area contributed by atoms with Gasteiger partial charge in [-0.3, -0.25) is 0 Å². The van der Waals surface area contributed by atoms with E-state index < -0.39 is 0 Å².